The Kier molecular flexibility index (Phi) is 10.9. The summed E-state index contributed by atoms with van der Waals surface area (Å²) in [6.07, 6.45) is 3.48. The predicted molar refractivity (Wildman–Crippen MR) is 119 cm³/mol. The van der Waals surface area contributed by atoms with E-state index in [1.54, 1.807) is 7.11 Å². The molecule has 8 heteroatoms. The van der Waals surface area contributed by atoms with Crippen molar-refractivity contribution in [1.29, 1.82) is 0 Å². The highest BCUT2D eigenvalue weighted by molar-refractivity contribution is 5.75. The number of benzene rings is 1. The molecular formula is C23H36N4O4. The molecule has 0 aliphatic heterocycles. The zero-order chi connectivity index (χ0) is 22.5. The number of aromatic nitrogens is 2. The van der Waals surface area contributed by atoms with E-state index in [2.05, 4.69) is 41.1 Å². The fraction of sp³-hybridized carbons (Fsp3) is 0.609. The summed E-state index contributed by atoms with van der Waals surface area (Å²) in [5, 5.41) is 6.87. The van der Waals surface area contributed by atoms with Crippen molar-refractivity contribution >= 4 is 5.91 Å². The molecule has 2 rings (SSSR count). The minimum Gasteiger partial charge on any atom is -0.493 e. The molecule has 0 bridgehead atoms. The van der Waals surface area contributed by atoms with Gasteiger partial charge in [0.2, 0.25) is 11.8 Å². The first-order valence-corrected chi connectivity index (χ1v) is 11.2. The minimum atomic E-state index is -0.00758. The lowest BCUT2D eigenvalue weighted by Crippen LogP contribution is -2.28. The topological polar surface area (TPSA) is 89.7 Å². The van der Waals surface area contributed by atoms with Crippen molar-refractivity contribution in [2.24, 2.45) is 0 Å². The van der Waals surface area contributed by atoms with Crippen LogP contribution in [0.1, 0.15) is 57.3 Å². The van der Waals surface area contributed by atoms with Crippen LogP contribution in [0.25, 0.3) is 0 Å². The quantitative estimate of drug-likeness (QED) is 0.461. The number of rotatable bonds is 15. The molecule has 1 amide bonds. The summed E-state index contributed by atoms with van der Waals surface area (Å²) < 4.78 is 16.5. The smallest absolute Gasteiger partial charge is 0.226 e. The highest BCUT2D eigenvalue weighted by Gasteiger charge is 2.10. The van der Waals surface area contributed by atoms with Crippen LogP contribution in [-0.4, -0.2) is 54.3 Å². The van der Waals surface area contributed by atoms with Gasteiger partial charge >= 0.3 is 0 Å². The summed E-state index contributed by atoms with van der Waals surface area (Å²) in [5.74, 6) is 2.71. The van der Waals surface area contributed by atoms with Crippen molar-refractivity contribution in [1.82, 2.24) is 20.4 Å². The summed E-state index contributed by atoms with van der Waals surface area (Å²) in [5.41, 5.74) is 0.961. The van der Waals surface area contributed by atoms with E-state index in [4.69, 9.17) is 14.0 Å². The van der Waals surface area contributed by atoms with Crippen LogP contribution < -0.4 is 14.8 Å². The van der Waals surface area contributed by atoms with Gasteiger partial charge in [0.05, 0.1) is 7.11 Å². The van der Waals surface area contributed by atoms with Gasteiger partial charge in [-0.1, -0.05) is 32.0 Å². The van der Waals surface area contributed by atoms with Crippen molar-refractivity contribution in [3.8, 4) is 11.5 Å². The standard InChI is InChI=1S/C23H36N4O4/c1-5-9-21-25-23(31-26-21)11-8-10-22(28)24-17-18-12-13-19(20(16-18)29-4)30-15-14-27(6-2)7-3/h12-13,16H,5-11,14-15,17H2,1-4H3,(H,24,28). The molecule has 31 heavy (non-hydrogen) atoms. The molecule has 0 spiro atoms. The summed E-state index contributed by atoms with van der Waals surface area (Å²) in [7, 11) is 1.62. The number of aryl methyl sites for hydroxylation is 2. The highest BCUT2D eigenvalue weighted by atomic mass is 16.5. The van der Waals surface area contributed by atoms with Gasteiger partial charge in [-0.05, 0) is 43.6 Å². The van der Waals surface area contributed by atoms with E-state index in [1.807, 2.05) is 18.2 Å². The number of carbonyl (C=O) groups excluding carboxylic acids is 1. The number of nitrogens with zero attached hydrogens (tertiary/aromatic N) is 3. The van der Waals surface area contributed by atoms with Gasteiger partial charge in [0.25, 0.3) is 0 Å². The highest BCUT2D eigenvalue weighted by Crippen LogP contribution is 2.28. The zero-order valence-corrected chi connectivity index (χ0v) is 19.3. The van der Waals surface area contributed by atoms with Crippen molar-refractivity contribution < 1.29 is 18.8 Å². The van der Waals surface area contributed by atoms with E-state index in [0.29, 0.717) is 49.8 Å². The van der Waals surface area contributed by atoms with Crippen LogP contribution in [0, 0.1) is 0 Å². The first-order valence-electron chi connectivity index (χ1n) is 11.2. The van der Waals surface area contributed by atoms with Crippen molar-refractivity contribution in [3.63, 3.8) is 0 Å². The predicted octanol–water partition coefficient (Wildman–Crippen LogP) is 3.39. The lowest BCUT2D eigenvalue weighted by atomic mass is 10.2. The number of amides is 1. The van der Waals surface area contributed by atoms with Crippen molar-refractivity contribution in [3.05, 3.63) is 35.5 Å². The van der Waals surface area contributed by atoms with Crippen LogP contribution in [-0.2, 0) is 24.2 Å². The monoisotopic (exact) mass is 432 g/mol. The summed E-state index contributed by atoms with van der Waals surface area (Å²) in [6, 6.07) is 5.75. The first-order chi connectivity index (χ1) is 15.1. The molecule has 0 atom stereocenters. The van der Waals surface area contributed by atoms with Crippen LogP contribution in [0.2, 0.25) is 0 Å². The summed E-state index contributed by atoms with van der Waals surface area (Å²) >= 11 is 0. The summed E-state index contributed by atoms with van der Waals surface area (Å²) in [6.45, 7) is 10.3. The number of methoxy groups -OCH3 is 1. The molecule has 1 N–H and O–H groups in total. The Morgan fingerprint density at radius 1 is 1.16 bits per heavy atom. The van der Waals surface area contributed by atoms with Gasteiger partial charge < -0.3 is 24.2 Å². The molecule has 0 fully saturated rings. The Bertz CT molecular complexity index is 790. The average Bonchev–Trinajstić information content (AvgIpc) is 3.23. The molecule has 0 unspecified atom stereocenters. The number of nitrogens with one attached hydrogen (secondary N) is 1. The van der Waals surface area contributed by atoms with E-state index in [1.165, 1.54) is 0 Å². The fourth-order valence-electron chi connectivity index (χ4n) is 3.17. The number of carbonyl (C=O) groups is 1. The van der Waals surface area contributed by atoms with Gasteiger partial charge in [0, 0.05) is 32.4 Å². The molecule has 8 nitrogen and oxygen atoms in total. The van der Waals surface area contributed by atoms with Crippen molar-refractivity contribution in [2.45, 2.75) is 59.4 Å². The lowest BCUT2D eigenvalue weighted by Gasteiger charge is -2.19. The Labute approximate surface area is 185 Å². The molecule has 0 aliphatic carbocycles. The Morgan fingerprint density at radius 3 is 2.68 bits per heavy atom. The molecule has 0 saturated carbocycles. The molecule has 2 aromatic rings. The Hall–Kier alpha value is -2.61. The molecule has 1 aromatic heterocycles. The normalized spacial score (nSPS) is 11.0. The number of ether oxygens (including phenoxy) is 2. The van der Waals surface area contributed by atoms with Gasteiger partial charge in [0.15, 0.2) is 17.3 Å². The fourth-order valence-corrected chi connectivity index (χ4v) is 3.17. The van der Waals surface area contributed by atoms with Crippen molar-refractivity contribution in [2.75, 3.05) is 33.4 Å². The Balaban J connectivity index is 1.74. The third-order valence-electron chi connectivity index (χ3n) is 5.06. The molecule has 0 radical (unpaired) electrons. The largest absolute Gasteiger partial charge is 0.493 e. The summed E-state index contributed by atoms with van der Waals surface area (Å²) in [4.78, 5) is 18.8. The Morgan fingerprint density at radius 2 is 1.97 bits per heavy atom. The van der Waals surface area contributed by atoms with Gasteiger partial charge in [-0.3, -0.25) is 4.79 Å². The number of likely N-dealkylation sites (N-methyl/N-ethyl adjacent to an activating group) is 1. The first kappa shape index (κ1) is 24.7. The maximum absolute atomic E-state index is 12.2. The molecule has 0 aliphatic rings. The second-order valence-electron chi connectivity index (χ2n) is 7.35. The van der Waals surface area contributed by atoms with E-state index >= 15 is 0 Å². The lowest BCUT2D eigenvalue weighted by molar-refractivity contribution is -0.121. The minimum absolute atomic E-state index is 0.00758. The molecule has 0 saturated heterocycles. The van der Waals surface area contributed by atoms with Crippen LogP contribution in [0.5, 0.6) is 11.5 Å². The SMILES string of the molecule is CCCc1noc(CCCC(=O)NCc2ccc(OCCN(CC)CC)c(OC)c2)n1. The van der Waals surface area contributed by atoms with E-state index in [9.17, 15) is 4.79 Å². The van der Waals surface area contributed by atoms with Crippen LogP contribution >= 0.6 is 0 Å². The number of hydrogen-bond donors (Lipinski definition) is 1. The second-order valence-corrected chi connectivity index (χ2v) is 7.35. The van der Waals surface area contributed by atoms with Gasteiger partial charge in [0.1, 0.15) is 6.61 Å². The van der Waals surface area contributed by atoms with Gasteiger partial charge in [-0.2, -0.15) is 4.98 Å². The van der Waals surface area contributed by atoms with Crippen LogP contribution in [0.4, 0.5) is 0 Å². The molecule has 172 valence electrons. The maximum atomic E-state index is 12.2. The average molecular weight is 433 g/mol. The zero-order valence-electron chi connectivity index (χ0n) is 19.3. The van der Waals surface area contributed by atoms with Crippen LogP contribution in [0.15, 0.2) is 22.7 Å². The van der Waals surface area contributed by atoms with Gasteiger partial charge in [-0.25, -0.2) is 0 Å². The molecule has 1 aromatic carbocycles. The number of hydrogen-bond acceptors (Lipinski definition) is 7. The third-order valence-corrected chi connectivity index (χ3v) is 5.06. The van der Waals surface area contributed by atoms with Gasteiger partial charge in [-0.15, -0.1) is 0 Å². The second kappa shape index (κ2) is 13.6. The molecule has 1 heterocycles. The maximum Gasteiger partial charge on any atom is 0.226 e. The van der Waals surface area contributed by atoms with E-state index in [0.717, 1.165) is 43.9 Å². The molecular weight excluding hydrogens is 396 g/mol. The van der Waals surface area contributed by atoms with E-state index < -0.39 is 0 Å². The third kappa shape index (κ3) is 8.57. The van der Waals surface area contributed by atoms with E-state index in [-0.39, 0.29) is 5.91 Å². The van der Waals surface area contributed by atoms with Crippen LogP contribution in [0.3, 0.4) is 0 Å².